The lowest BCUT2D eigenvalue weighted by atomic mass is 10.0. The number of hydrogen-bond donors (Lipinski definition) is 2. The van der Waals surface area contributed by atoms with Gasteiger partial charge >= 0.3 is 0 Å². The molecule has 1 aromatic heterocycles. The van der Waals surface area contributed by atoms with Gasteiger partial charge in [-0.1, -0.05) is 48.5 Å². The van der Waals surface area contributed by atoms with Crippen molar-refractivity contribution < 1.29 is 14.3 Å². The summed E-state index contributed by atoms with van der Waals surface area (Å²) >= 11 is 0. The maximum atomic E-state index is 13.3. The number of H-pyrrole nitrogens is 1. The Morgan fingerprint density at radius 2 is 1.66 bits per heavy atom. The molecule has 0 aliphatic rings. The van der Waals surface area contributed by atoms with Crippen molar-refractivity contribution in [3.05, 3.63) is 96.2 Å². The minimum Gasteiger partial charge on any atom is -0.497 e. The molecule has 0 saturated carbocycles. The van der Waals surface area contributed by atoms with Crippen molar-refractivity contribution in [3.63, 3.8) is 0 Å². The molecule has 6 nitrogen and oxygen atoms in total. The zero-order valence-electron chi connectivity index (χ0n) is 18.0. The minimum atomic E-state index is -0.768. The Bertz CT molecular complexity index is 1220. The quantitative estimate of drug-likeness (QED) is 0.454. The van der Waals surface area contributed by atoms with E-state index in [-0.39, 0.29) is 18.2 Å². The minimum absolute atomic E-state index is 0.145. The lowest BCUT2D eigenvalue weighted by Crippen LogP contribution is -2.39. The summed E-state index contributed by atoms with van der Waals surface area (Å²) in [5.74, 6) is 0.276. The van der Waals surface area contributed by atoms with Crippen LogP contribution in [0.1, 0.15) is 17.2 Å². The SMILES string of the molecule is COc1ccc(NC(=O)[C@@H](c2ccccc2)N(C)C(=O)Cc2c[nH]c3ccccc23)cc1. The highest BCUT2D eigenvalue weighted by Crippen LogP contribution is 2.25. The van der Waals surface area contributed by atoms with Crippen LogP contribution in [-0.4, -0.2) is 35.9 Å². The molecular weight excluding hydrogens is 402 g/mol. The predicted octanol–water partition coefficient (Wildman–Crippen LogP) is 4.56. The van der Waals surface area contributed by atoms with Crippen LogP contribution in [0.2, 0.25) is 0 Å². The second-order valence-electron chi connectivity index (χ2n) is 7.57. The van der Waals surface area contributed by atoms with Crippen LogP contribution in [-0.2, 0) is 16.0 Å². The first-order valence-corrected chi connectivity index (χ1v) is 10.4. The van der Waals surface area contributed by atoms with Crippen molar-refractivity contribution in [1.29, 1.82) is 0 Å². The molecule has 4 rings (SSSR count). The molecule has 3 aromatic carbocycles. The fourth-order valence-electron chi connectivity index (χ4n) is 3.78. The molecular formula is C26H25N3O3. The van der Waals surface area contributed by atoms with Crippen molar-refractivity contribution in [2.24, 2.45) is 0 Å². The number of amides is 2. The number of hydrogen-bond acceptors (Lipinski definition) is 3. The largest absolute Gasteiger partial charge is 0.497 e. The monoisotopic (exact) mass is 427 g/mol. The van der Waals surface area contributed by atoms with Gasteiger partial charge in [0.05, 0.1) is 13.5 Å². The van der Waals surface area contributed by atoms with E-state index in [9.17, 15) is 9.59 Å². The zero-order chi connectivity index (χ0) is 22.5. The Hall–Kier alpha value is -4.06. The van der Waals surface area contributed by atoms with E-state index in [0.717, 1.165) is 22.0 Å². The van der Waals surface area contributed by atoms with E-state index in [1.54, 1.807) is 38.4 Å². The number of para-hydroxylation sites is 1. The number of carbonyl (C=O) groups excluding carboxylic acids is 2. The van der Waals surface area contributed by atoms with Gasteiger partial charge in [-0.25, -0.2) is 0 Å². The van der Waals surface area contributed by atoms with E-state index in [2.05, 4.69) is 10.3 Å². The second-order valence-corrected chi connectivity index (χ2v) is 7.57. The van der Waals surface area contributed by atoms with Crippen LogP contribution in [0.15, 0.2) is 85.1 Å². The van der Waals surface area contributed by atoms with Crippen molar-refractivity contribution >= 4 is 28.4 Å². The third-order valence-electron chi connectivity index (χ3n) is 5.52. The molecule has 0 spiro atoms. The van der Waals surface area contributed by atoms with Gasteiger partial charge in [-0.3, -0.25) is 9.59 Å². The van der Waals surface area contributed by atoms with Crippen molar-refractivity contribution in [2.75, 3.05) is 19.5 Å². The Labute approximate surface area is 186 Å². The maximum Gasteiger partial charge on any atom is 0.251 e. The van der Waals surface area contributed by atoms with Crippen molar-refractivity contribution in [3.8, 4) is 5.75 Å². The molecule has 2 amide bonds. The van der Waals surface area contributed by atoms with Crippen LogP contribution < -0.4 is 10.1 Å². The highest BCUT2D eigenvalue weighted by molar-refractivity contribution is 5.98. The lowest BCUT2D eigenvalue weighted by Gasteiger charge is -2.28. The number of aromatic nitrogens is 1. The van der Waals surface area contributed by atoms with Gasteiger partial charge in [0.15, 0.2) is 0 Å². The molecule has 162 valence electrons. The lowest BCUT2D eigenvalue weighted by molar-refractivity contribution is -0.136. The highest BCUT2D eigenvalue weighted by Gasteiger charge is 2.29. The van der Waals surface area contributed by atoms with E-state index in [1.165, 1.54) is 4.90 Å². The van der Waals surface area contributed by atoms with Crippen molar-refractivity contribution in [2.45, 2.75) is 12.5 Å². The Morgan fingerprint density at radius 1 is 0.969 bits per heavy atom. The number of aromatic amines is 1. The van der Waals surface area contributed by atoms with E-state index in [4.69, 9.17) is 4.74 Å². The van der Waals surface area contributed by atoms with Gasteiger partial charge in [0, 0.05) is 29.8 Å². The fraction of sp³-hybridized carbons (Fsp3) is 0.154. The van der Waals surface area contributed by atoms with Gasteiger partial charge in [0.1, 0.15) is 11.8 Å². The van der Waals surface area contributed by atoms with E-state index < -0.39 is 6.04 Å². The summed E-state index contributed by atoms with van der Waals surface area (Å²) in [6.07, 6.45) is 2.05. The van der Waals surface area contributed by atoms with Crippen LogP contribution in [0.3, 0.4) is 0 Å². The smallest absolute Gasteiger partial charge is 0.251 e. The second kappa shape index (κ2) is 9.39. The van der Waals surface area contributed by atoms with Crippen LogP contribution >= 0.6 is 0 Å². The molecule has 4 aromatic rings. The molecule has 0 fully saturated rings. The number of carbonyl (C=O) groups is 2. The van der Waals surface area contributed by atoms with Crippen LogP contribution in [0.4, 0.5) is 5.69 Å². The highest BCUT2D eigenvalue weighted by atomic mass is 16.5. The number of nitrogens with one attached hydrogen (secondary N) is 2. The Kier molecular flexibility index (Phi) is 6.22. The number of anilines is 1. The number of fused-ring (bicyclic) bond motifs is 1. The first-order chi connectivity index (χ1) is 15.6. The van der Waals surface area contributed by atoms with E-state index in [1.807, 2.05) is 60.8 Å². The van der Waals surface area contributed by atoms with Gasteiger partial charge < -0.3 is 19.9 Å². The maximum absolute atomic E-state index is 13.3. The van der Waals surface area contributed by atoms with Crippen LogP contribution in [0.5, 0.6) is 5.75 Å². The number of likely N-dealkylation sites (N-methyl/N-ethyl adjacent to an activating group) is 1. The number of nitrogens with zero attached hydrogens (tertiary/aromatic N) is 1. The fourth-order valence-corrected chi connectivity index (χ4v) is 3.78. The average molecular weight is 428 g/mol. The van der Waals surface area contributed by atoms with Gasteiger partial charge in [-0.2, -0.15) is 0 Å². The molecule has 6 heteroatoms. The molecule has 1 atom stereocenters. The number of benzene rings is 3. The van der Waals surface area contributed by atoms with E-state index in [0.29, 0.717) is 11.4 Å². The first-order valence-electron chi connectivity index (χ1n) is 10.4. The summed E-state index contributed by atoms with van der Waals surface area (Å²) in [5.41, 5.74) is 3.26. The number of methoxy groups -OCH3 is 1. The third kappa shape index (κ3) is 4.49. The molecule has 1 heterocycles. The normalized spacial score (nSPS) is 11.7. The first kappa shape index (κ1) is 21.2. The standard InChI is InChI=1S/C26H25N3O3/c1-29(24(30)16-19-17-27-23-11-7-6-10-22(19)23)25(18-8-4-3-5-9-18)26(31)28-20-12-14-21(32-2)15-13-20/h3-15,17,25,27H,16H2,1-2H3,(H,28,31)/t25-/m1/s1. The summed E-state index contributed by atoms with van der Waals surface area (Å²) < 4.78 is 5.17. The number of rotatable bonds is 7. The molecule has 0 radical (unpaired) electrons. The molecule has 2 N–H and O–H groups in total. The van der Waals surface area contributed by atoms with Gasteiger partial charge in [0.25, 0.3) is 5.91 Å². The van der Waals surface area contributed by atoms with Crippen LogP contribution in [0, 0.1) is 0 Å². The van der Waals surface area contributed by atoms with Gasteiger partial charge in [-0.15, -0.1) is 0 Å². The summed E-state index contributed by atoms with van der Waals surface area (Å²) in [5, 5.41) is 3.93. The average Bonchev–Trinajstić information content (AvgIpc) is 3.23. The van der Waals surface area contributed by atoms with Crippen molar-refractivity contribution in [1.82, 2.24) is 9.88 Å². The summed E-state index contributed by atoms with van der Waals surface area (Å²) in [6.45, 7) is 0. The topological polar surface area (TPSA) is 74.4 Å². The predicted molar refractivity (Wildman–Crippen MR) is 126 cm³/mol. The molecule has 0 bridgehead atoms. The summed E-state index contributed by atoms with van der Waals surface area (Å²) in [7, 11) is 3.26. The van der Waals surface area contributed by atoms with Gasteiger partial charge in [0.2, 0.25) is 5.91 Å². The van der Waals surface area contributed by atoms with Crippen LogP contribution in [0.25, 0.3) is 10.9 Å². The Balaban J connectivity index is 1.57. The third-order valence-corrected chi connectivity index (χ3v) is 5.52. The Morgan fingerprint density at radius 3 is 2.38 bits per heavy atom. The summed E-state index contributed by atoms with van der Waals surface area (Å²) in [4.78, 5) is 31.2. The zero-order valence-corrected chi connectivity index (χ0v) is 18.0. The summed E-state index contributed by atoms with van der Waals surface area (Å²) in [6, 6.07) is 23.5. The molecule has 0 unspecified atom stereocenters. The molecule has 0 saturated heterocycles. The van der Waals surface area contributed by atoms with E-state index >= 15 is 0 Å². The van der Waals surface area contributed by atoms with Gasteiger partial charge in [-0.05, 0) is 41.5 Å². The molecule has 0 aliphatic carbocycles. The molecule has 32 heavy (non-hydrogen) atoms. The molecule has 0 aliphatic heterocycles. The number of ether oxygens (including phenoxy) is 1.